The fourth-order valence-electron chi connectivity index (χ4n) is 3.38. The number of aromatic nitrogens is 3. The number of hydrogen-bond donors (Lipinski definition) is 1. The van der Waals surface area contributed by atoms with Gasteiger partial charge in [0.2, 0.25) is 0 Å². The second kappa shape index (κ2) is 6.06. The maximum absolute atomic E-state index is 4.54. The van der Waals surface area contributed by atoms with Crippen LogP contribution in [-0.4, -0.2) is 20.9 Å². The summed E-state index contributed by atoms with van der Waals surface area (Å²) in [7, 11) is 2.04. The molecule has 4 nitrogen and oxygen atoms in total. The zero-order valence-corrected chi connectivity index (χ0v) is 13.4. The van der Waals surface area contributed by atoms with E-state index in [-0.39, 0.29) is 0 Å². The predicted octanol–water partition coefficient (Wildman–Crippen LogP) is 2.82. The molecular formula is C17H26N4. The largest absolute Gasteiger partial charge is 0.348 e. The molecule has 2 aromatic rings. The number of fused-ring (bicyclic) bond motifs is 1. The second-order valence-corrected chi connectivity index (χ2v) is 6.02. The van der Waals surface area contributed by atoms with Gasteiger partial charge in [-0.2, -0.15) is 5.10 Å². The van der Waals surface area contributed by atoms with Crippen LogP contribution in [-0.2, 0) is 26.4 Å². The highest BCUT2D eigenvalue weighted by molar-refractivity contribution is 5.31. The Morgan fingerprint density at radius 2 is 2.19 bits per heavy atom. The van der Waals surface area contributed by atoms with Gasteiger partial charge in [0.25, 0.3) is 0 Å². The first-order valence-corrected chi connectivity index (χ1v) is 8.15. The Morgan fingerprint density at radius 1 is 1.33 bits per heavy atom. The van der Waals surface area contributed by atoms with Crippen molar-refractivity contribution in [2.75, 3.05) is 6.54 Å². The molecule has 0 saturated carbocycles. The van der Waals surface area contributed by atoms with Crippen molar-refractivity contribution < 1.29 is 0 Å². The van der Waals surface area contributed by atoms with Crippen molar-refractivity contribution in [2.24, 2.45) is 7.05 Å². The van der Waals surface area contributed by atoms with Crippen molar-refractivity contribution in [3.05, 3.63) is 41.0 Å². The summed E-state index contributed by atoms with van der Waals surface area (Å²) in [5.74, 6) is 0. The molecule has 2 aromatic heterocycles. The number of hydrogen-bond acceptors (Lipinski definition) is 2. The summed E-state index contributed by atoms with van der Waals surface area (Å²) in [6.45, 7) is 6.29. The van der Waals surface area contributed by atoms with E-state index in [1.54, 1.807) is 0 Å². The summed E-state index contributed by atoms with van der Waals surface area (Å²) in [5.41, 5.74) is 5.47. The summed E-state index contributed by atoms with van der Waals surface area (Å²) in [5, 5.41) is 8.15. The summed E-state index contributed by atoms with van der Waals surface area (Å²) in [6, 6.07) is 2.76. The molecule has 0 aliphatic heterocycles. The normalized spacial score (nSPS) is 18.0. The third kappa shape index (κ3) is 2.91. The average molecular weight is 286 g/mol. The van der Waals surface area contributed by atoms with Crippen LogP contribution in [0.15, 0.2) is 18.5 Å². The molecule has 0 bridgehead atoms. The third-order valence-corrected chi connectivity index (χ3v) is 4.50. The molecule has 0 amide bonds. The molecule has 1 atom stereocenters. The fourth-order valence-corrected chi connectivity index (χ4v) is 3.38. The molecule has 0 fully saturated rings. The van der Waals surface area contributed by atoms with Crippen LogP contribution < -0.4 is 5.32 Å². The van der Waals surface area contributed by atoms with E-state index in [1.165, 1.54) is 41.8 Å². The van der Waals surface area contributed by atoms with E-state index in [0.29, 0.717) is 6.04 Å². The molecule has 0 saturated heterocycles. The first kappa shape index (κ1) is 14.4. The van der Waals surface area contributed by atoms with Crippen LogP contribution in [0.1, 0.15) is 55.2 Å². The molecule has 4 heteroatoms. The Bertz CT molecular complexity index is 608. The average Bonchev–Trinajstić information content (AvgIpc) is 3.04. The van der Waals surface area contributed by atoms with Crippen molar-refractivity contribution in [2.45, 2.75) is 52.1 Å². The Hall–Kier alpha value is -1.55. The van der Waals surface area contributed by atoms with E-state index in [4.69, 9.17) is 0 Å². The van der Waals surface area contributed by atoms with Gasteiger partial charge in [0.15, 0.2) is 0 Å². The maximum Gasteiger partial charge on any atom is 0.0639 e. The highest BCUT2D eigenvalue weighted by atomic mass is 15.3. The highest BCUT2D eigenvalue weighted by Gasteiger charge is 2.21. The van der Waals surface area contributed by atoms with Crippen molar-refractivity contribution >= 4 is 0 Å². The molecule has 3 rings (SSSR count). The van der Waals surface area contributed by atoms with Gasteiger partial charge in [0, 0.05) is 25.5 Å². The predicted molar refractivity (Wildman–Crippen MR) is 85.5 cm³/mol. The fraction of sp³-hybridized carbons (Fsp3) is 0.588. The zero-order chi connectivity index (χ0) is 14.8. The lowest BCUT2D eigenvalue weighted by Crippen LogP contribution is -2.23. The molecule has 0 aromatic carbocycles. The van der Waals surface area contributed by atoms with E-state index in [2.05, 4.69) is 47.3 Å². The Balaban J connectivity index is 1.82. The van der Waals surface area contributed by atoms with Gasteiger partial charge in [0.05, 0.1) is 17.9 Å². The van der Waals surface area contributed by atoms with Crippen molar-refractivity contribution in [1.82, 2.24) is 19.7 Å². The lowest BCUT2D eigenvalue weighted by molar-refractivity contribution is 0.473. The summed E-state index contributed by atoms with van der Waals surface area (Å²) < 4.78 is 4.34. The SMILES string of the molecule is CCNC1CCCc2cn(Cc3cc(CC)nn3C)cc21. The molecule has 2 heterocycles. The van der Waals surface area contributed by atoms with Crippen LogP contribution in [0.3, 0.4) is 0 Å². The van der Waals surface area contributed by atoms with E-state index in [1.807, 2.05) is 11.7 Å². The van der Waals surface area contributed by atoms with Crippen molar-refractivity contribution in [1.29, 1.82) is 0 Å². The van der Waals surface area contributed by atoms with Gasteiger partial charge in [-0.15, -0.1) is 0 Å². The minimum atomic E-state index is 0.540. The zero-order valence-electron chi connectivity index (χ0n) is 13.4. The molecule has 0 radical (unpaired) electrons. The quantitative estimate of drug-likeness (QED) is 0.917. The second-order valence-electron chi connectivity index (χ2n) is 6.02. The van der Waals surface area contributed by atoms with Gasteiger partial charge in [-0.25, -0.2) is 0 Å². The number of aryl methyl sites for hydroxylation is 3. The van der Waals surface area contributed by atoms with Gasteiger partial charge >= 0.3 is 0 Å². The van der Waals surface area contributed by atoms with Crippen LogP contribution in [0.25, 0.3) is 0 Å². The monoisotopic (exact) mass is 286 g/mol. The molecule has 0 spiro atoms. The Labute approximate surface area is 127 Å². The van der Waals surface area contributed by atoms with Crippen LogP contribution in [0.4, 0.5) is 0 Å². The first-order valence-electron chi connectivity index (χ1n) is 8.15. The van der Waals surface area contributed by atoms with E-state index < -0.39 is 0 Å². The van der Waals surface area contributed by atoms with E-state index in [9.17, 15) is 0 Å². The Morgan fingerprint density at radius 3 is 2.90 bits per heavy atom. The van der Waals surface area contributed by atoms with Gasteiger partial charge in [-0.1, -0.05) is 13.8 Å². The van der Waals surface area contributed by atoms with E-state index >= 15 is 0 Å². The maximum atomic E-state index is 4.54. The topological polar surface area (TPSA) is 34.8 Å². The smallest absolute Gasteiger partial charge is 0.0639 e. The molecule has 1 aliphatic carbocycles. The molecular weight excluding hydrogens is 260 g/mol. The van der Waals surface area contributed by atoms with Gasteiger partial charge in [-0.3, -0.25) is 4.68 Å². The van der Waals surface area contributed by atoms with Crippen LogP contribution in [0, 0.1) is 0 Å². The summed E-state index contributed by atoms with van der Waals surface area (Å²) in [6.07, 6.45) is 9.43. The van der Waals surface area contributed by atoms with E-state index in [0.717, 1.165) is 19.5 Å². The van der Waals surface area contributed by atoms with Gasteiger partial charge in [-0.05, 0) is 49.4 Å². The Kier molecular flexibility index (Phi) is 4.15. The third-order valence-electron chi connectivity index (χ3n) is 4.50. The lowest BCUT2D eigenvalue weighted by Gasteiger charge is -2.22. The number of nitrogens with one attached hydrogen (secondary N) is 1. The highest BCUT2D eigenvalue weighted by Crippen LogP contribution is 2.30. The number of nitrogens with zero attached hydrogens (tertiary/aromatic N) is 3. The van der Waals surface area contributed by atoms with Crippen LogP contribution in [0.5, 0.6) is 0 Å². The van der Waals surface area contributed by atoms with Crippen molar-refractivity contribution in [3.8, 4) is 0 Å². The molecule has 114 valence electrons. The molecule has 1 unspecified atom stereocenters. The minimum Gasteiger partial charge on any atom is -0.348 e. The van der Waals surface area contributed by atoms with Gasteiger partial charge < -0.3 is 9.88 Å². The standard InChI is InChI=1S/C17H26N4/c1-4-14-9-15(20(3)19-14)11-21-10-13-7-6-8-17(18-5-2)16(13)12-21/h9-10,12,17-18H,4-8,11H2,1-3H3. The van der Waals surface area contributed by atoms with Crippen molar-refractivity contribution in [3.63, 3.8) is 0 Å². The minimum absolute atomic E-state index is 0.540. The number of rotatable bonds is 5. The summed E-state index contributed by atoms with van der Waals surface area (Å²) >= 11 is 0. The van der Waals surface area contributed by atoms with Crippen LogP contribution in [0.2, 0.25) is 0 Å². The summed E-state index contributed by atoms with van der Waals surface area (Å²) in [4.78, 5) is 0. The first-order chi connectivity index (χ1) is 10.2. The molecule has 1 N–H and O–H groups in total. The van der Waals surface area contributed by atoms with Crippen LogP contribution >= 0.6 is 0 Å². The lowest BCUT2D eigenvalue weighted by atomic mass is 9.91. The molecule has 21 heavy (non-hydrogen) atoms. The molecule has 1 aliphatic rings. The van der Waals surface area contributed by atoms with Gasteiger partial charge in [0.1, 0.15) is 0 Å².